The molecule has 0 aliphatic heterocycles. The molecule has 0 radical (unpaired) electrons. The van der Waals surface area contributed by atoms with Gasteiger partial charge in [0.05, 0.1) is 23.3 Å². The fraction of sp³-hybridized carbons (Fsp3) is 0.0455. The number of fused-ring (bicyclic) bond motifs is 2. The molecule has 0 unspecified atom stereocenters. The molecule has 3 heterocycles. The van der Waals surface area contributed by atoms with E-state index < -0.39 is 0 Å². The van der Waals surface area contributed by atoms with Crippen molar-refractivity contribution in [2.45, 2.75) is 6.54 Å². The Morgan fingerprint density at radius 1 is 0.931 bits per heavy atom. The third-order valence-electron chi connectivity index (χ3n) is 4.56. The first kappa shape index (κ1) is 17.0. The van der Waals surface area contributed by atoms with E-state index in [0.29, 0.717) is 11.6 Å². The SMILES string of the molecule is O=C(NCc1cccnn1)c1coc(-c2ccc3cc4ccccc4nc3c2)n1. The molecule has 1 N–H and O–H groups in total. The lowest BCUT2D eigenvalue weighted by Gasteiger charge is -2.03. The van der Waals surface area contributed by atoms with Crippen LogP contribution in [0.5, 0.6) is 0 Å². The van der Waals surface area contributed by atoms with E-state index in [1.807, 2.05) is 42.5 Å². The van der Waals surface area contributed by atoms with E-state index >= 15 is 0 Å². The van der Waals surface area contributed by atoms with Crippen molar-refractivity contribution in [1.82, 2.24) is 25.5 Å². The third kappa shape index (κ3) is 3.41. The molecule has 0 spiro atoms. The highest BCUT2D eigenvalue weighted by Crippen LogP contribution is 2.25. The minimum Gasteiger partial charge on any atom is -0.444 e. The Morgan fingerprint density at radius 2 is 1.83 bits per heavy atom. The topological polar surface area (TPSA) is 93.8 Å². The Bertz CT molecular complexity index is 1330. The number of hydrogen-bond donors (Lipinski definition) is 1. The van der Waals surface area contributed by atoms with Gasteiger partial charge in [0.15, 0.2) is 5.69 Å². The molecule has 0 aliphatic rings. The highest BCUT2D eigenvalue weighted by Gasteiger charge is 2.14. The number of pyridine rings is 1. The zero-order chi connectivity index (χ0) is 19.6. The largest absolute Gasteiger partial charge is 0.444 e. The summed E-state index contributed by atoms with van der Waals surface area (Å²) in [5.74, 6) is 0.0297. The molecule has 1 amide bonds. The molecule has 29 heavy (non-hydrogen) atoms. The molecule has 0 atom stereocenters. The van der Waals surface area contributed by atoms with Crippen LogP contribution in [0.4, 0.5) is 0 Å². The molecule has 140 valence electrons. The average molecular weight is 381 g/mol. The first-order valence-electron chi connectivity index (χ1n) is 9.06. The van der Waals surface area contributed by atoms with Crippen molar-refractivity contribution < 1.29 is 9.21 Å². The molecule has 0 aliphatic carbocycles. The second kappa shape index (κ2) is 7.12. The fourth-order valence-corrected chi connectivity index (χ4v) is 3.10. The summed E-state index contributed by atoms with van der Waals surface area (Å²) < 4.78 is 5.53. The molecule has 5 aromatic rings. The lowest BCUT2D eigenvalue weighted by Crippen LogP contribution is -2.23. The lowest BCUT2D eigenvalue weighted by molar-refractivity contribution is 0.0945. The van der Waals surface area contributed by atoms with Crippen LogP contribution in [0.25, 0.3) is 33.3 Å². The molecule has 0 fully saturated rings. The van der Waals surface area contributed by atoms with Gasteiger partial charge in [0.25, 0.3) is 5.91 Å². The van der Waals surface area contributed by atoms with E-state index in [9.17, 15) is 4.79 Å². The Morgan fingerprint density at radius 3 is 2.72 bits per heavy atom. The van der Waals surface area contributed by atoms with Gasteiger partial charge in [0, 0.05) is 22.5 Å². The van der Waals surface area contributed by atoms with Crippen LogP contribution >= 0.6 is 0 Å². The van der Waals surface area contributed by atoms with E-state index in [1.165, 1.54) is 6.26 Å². The zero-order valence-corrected chi connectivity index (χ0v) is 15.2. The molecule has 7 nitrogen and oxygen atoms in total. The number of nitrogens with one attached hydrogen (secondary N) is 1. The van der Waals surface area contributed by atoms with Gasteiger partial charge in [0.2, 0.25) is 5.89 Å². The Hall–Kier alpha value is -4.13. The maximum Gasteiger partial charge on any atom is 0.273 e. The molecule has 3 aromatic heterocycles. The normalized spacial score (nSPS) is 11.0. The van der Waals surface area contributed by atoms with Gasteiger partial charge in [-0.3, -0.25) is 4.79 Å². The predicted molar refractivity (Wildman–Crippen MR) is 108 cm³/mol. The van der Waals surface area contributed by atoms with Crippen molar-refractivity contribution in [2.75, 3.05) is 0 Å². The van der Waals surface area contributed by atoms with Gasteiger partial charge in [-0.05, 0) is 36.4 Å². The standard InChI is InChI=1S/C22H15N5O2/c28-21(23-12-17-5-3-9-24-27-17)20-13-29-22(26-20)16-8-7-15-10-14-4-1-2-6-18(14)25-19(15)11-16/h1-11,13H,12H2,(H,23,28). The summed E-state index contributed by atoms with van der Waals surface area (Å²) >= 11 is 0. The molecule has 0 saturated carbocycles. The minimum atomic E-state index is -0.337. The highest BCUT2D eigenvalue weighted by atomic mass is 16.3. The first-order chi connectivity index (χ1) is 14.3. The number of carbonyl (C=O) groups is 1. The van der Waals surface area contributed by atoms with Crippen molar-refractivity contribution in [3.05, 3.63) is 84.5 Å². The van der Waals surface area contributed by atoms with Crippen LogP contribution in [0.15, 0.2) is 77.5 Å². The van der Waals surface area contributed by atoms with Gasteiger partial charge in [-0.25, -0.2) is 9.97 Å². The fourth-order valence-electron chi connectivity index (χ4n) is 3.10. The van der Waals surface area contributed by atoms with Crippen LogP contribution in [0.2, 0.25) is 0 Å². The maximum absolute atomic E-state index is 12.3. The summed E-state index contributed by atoms with van der Waals surface area (Å²) in [6.45, 7) is 0.266. The smallest absolute Gasteiger partial charge is 0.273 e. The molecular formula is C22H15N5O2. The van der Waals surface area contributed by atoms with Crippen LogP contribution in [0.3, 0.4) is 0 Å². The second-order valence-electron chi connectivity index (χ2n) is 6.52. The number of nitrogens with zero attached hydrogens (tertiary/aromatic N) is 4. The summed E-state index contributed by atoms with van der Waals surface area (Å²) in [5.41, 5.74) is 3.39. The van der Waals surface area contributed by atoms with E-state index in [-0.39, 0.29) is 18.1 Å². The van der Waals surface area contributed by atoms with Crippen molar-refractivity contribution in [1.29, 1.82) is 0 Å². The van der Waals surface area contributed by atoms with Gasteiger partial charge in [-0.15, -0.1) is 0 Å². The summed E-state index contributed by atoms with van der Waals surface area (Å²) in [4.78, 5) is 21.4. The van der Waals surface area contributed by atoms with E-state index in [4.69, 9.17) is 9.40 Å². The number of oxazole rings is 1. The number of amides is 1. The van der Waals surface area contributed by atoms with Gasteiger partial charge in [-0.2, -0.15) is 10.2 Å². The van der Waals surface area contributed by atoms with Gasteiger partial charge in [0.1, 0.15) is 6.26 Å². The average Bonchev–Trinajstić information content (AvgIpc) is 3.27. The van der Waals surface area contributed by atoms with Crippen LogP contribution in [0, 0.1) is 0 Å². The van der Waals surface area contributed by atoms with Crippen LogP contribution in [-0.4, -0.2) is 26.1 Å². The molecule has 2 aromatic carbocycles. The zero-order valence-electron chi connectivity index (χ0n) is 15.2. The molecule has 5 rings (SSSR count). The van der Waals surface area contributed by atoms with Crippen LogP contribution < -0.4 is 5.32 Å². The van der Waals surface area contributed by atoms with Gasteiger partial charge >= 0.3 is 0 Å². The predicted octanol–water partition coefficient (Wildman–Crippen LogP) is 3.76. The van der Waals surface area contributed by atoms with Crippen molar-refractivity contribution in [3.63, 3.8) is 0 Å². The van der Waals surface area contributed by atoms with Gasteiger partial charge in [-0.1, -0.05) is 24.3 Å². The first-order valence-corrected chi connectivity index (χ1v) is 9.06. The van der Waals surface area contributed by atoms with E-state index in [0.717, 1.165) is 27.4 Å². The molecule has 0 saturated heterocycles. The number of benzene rings is 2. The second-order valence-corrected chi connectivity index (χ2v) is 6.52. The van der Waals surface area contributed by atoms with Crippen LogP contribution in [-0.2, 0) is 6.54 Å². The number of rotatable bonds is 4. The lowest BCUT2D eigenvalue weighted by atomic mass is 10.1. The Kier molecular flexibility index (Phi) is 4.18. The molecule has 7 heteroatoms. The van der Waals surface area contributed by atoms with Crippen LogP contribution in [0.1, 0.15) is 16.2 Å². The van der Waals surface area contributed by atoms with Crippen molar-refractivity contribution in [3.8, 4) is 11.5 Å². The third-order valence-corrected chi connectivity index (χ3v) is 4.56. The number of carbonyl (C=O) groups excluding carboxylic acids is 1. The Labute approximate surface area is 165 Å². The minimum absolute atomic E-state index is 0.204. The summed E-state index contributed by atoms with van der Waals surface area (Å²) in [6, 6.07) is 19.4. The van der Waals surface area contributed by atoms with Gasteiger partial charge < -0.3 is 9.73 Å². The van der Waals surface area contributed by atoms with E-state index in [2.05, 4.69) is 26.6 Å². The summed E-state index contributed by atoms with van der Waals surface area (Å²) in [6.07, 6.45) is 2.93. The summed E-state index contributed by atoms with van der Waals surface area (Å²) in [7, 11) is 0. The highest BCUT2D eigenvalue weighted by molar-refractivity contribution is 5.95. The number of hydrogen-bond acceptors (Lipinski definition) is 6. The maximum atomic E-state index is 12.3. The van der Waals surface area contributed by atoms with Crippen molar-refractivity contribution >= 4 is 27.7 Å². The van der Waals surface area contributed by atoms with E-state index in [1.54, 1.807) is 18.3 Å². The summed E-state index contributed by atoms with van der Waals surface area (Å²) in [5, 5.41) is 12.6. The Balaban J connectivity index is 1.39. The van der Waals surface area contributed by atoms with Crippen molar-refractivity contribution in [2.24, 2.45) is 0 Å². The molecule has 0 bridgehead atoms. The quantitative estimate of drug-likeness (QED) is 0.476. The molecular weight excluding hydrogens is 366 g/mol. The monoisotopic (exact) mass is 381 g/mol. The number of aromatic nitrogens is 4. The number of para-hydroxylation sites is 1.